The number of hydrogen-bond acceptors (Lipinski definition) is 7. The first-order valence-corrected chi connectivity index (χ1v) is 10.0. The molecule has 1 fully saturated rings. The van der Waals surface area contributed by atoms with Crippen molar-refractivity contribution < 1.29 is 24.0 Å². The monoisotopic (exact) mass is 427 g/mol. The topological polar surface area (TPSA) is 111 Å². The van der Waals surface area contributed by atoms with E-state index in [1.807, 2.05) is 4.90 Å². The van der Waals surface area contributed by atoms with Crippen LogP contribution in [0.15, 0.2) is 48.5 Å². The molecule has 0 spiro atoms. The predicted octanol–water partition coefficient (Wildman–Crippen LogP) is 3.39. The van der Waals surface area contributed by atoms with Gasteiger partial charge in [0.1, 0.15) is 11.4 Å². The Bertz CT molecular complexity index is 939. The molecule has 2 aromatic rings. The second kappa shape index (κ2) is 9.92. The average molecular weight is 427 g/mol. The van der Waals surface area contributed by atoms with Crippen LogP contribution in [0.1, 0.15) is 19.8 Å². The molecule has 1 N–H and O–H groups in total. The van der Waals surface area contributed by atoms with Crippen LogP contribution in [0.4, 0.5) is 17.1 Å². The lowest BCUT2D eigenvalue weighted by molar-refractivity contribution is -0.384. The van der Waals surface area contributed by atoms with E-state index in [2.05, 4.69) is 5.32 Å². The van der Waals surface area contributed by atoms with E-state index >= 15 is 0 Å². The molecule has 1 aliphatic heterocycles. The van der Waals surface area contributed by atoms with Crippen LogP contribution in [0.25, 0.3) is 0 Å². The van der Waals surface area contributed by atoms with Crippen LogP contribution in [0, 0.1) is 16.0 Å². The van der Waals surface area contributed by atoms with Crippen molar-refractivity contribution in [2.45, 2.75) is 25.9 Å². The quantitative estimate of drug-likeness (QED) is 0.410. The van der Waals surface area contributed by atoms with Crippen molar-refractivity contribution in [3.8, 4) is 5.75 Å². The first-order chi connectivity index (χ1) is 14.9. The molecule has 2 aromatic carbocycles. The van der Waals surface area contributed by atoms with E-state index in [0.717, 1.165) is 0 Å². The highest BCUT2D eigenvalue weighted by molar-refractivity contribution is 5.95. The summed E-state index contributed by atoms with van der Waals surface area (Å²) in [6.45, 7) is 2.52. The Morgan fingerprint density at radius 1 is 1.13 bits per heavy atom. The van der Waals surface area contributed by atoms with Gasteiger partial charge in [-0.1, -0.05) is 12.1 Å². The molecule has 0 saturated carbocycles. The van der Waals surface area contributed by atoms with Crippen molar-refractivity contribution in [1.82, 2.24) is 0 Å². The van der Waals surface area contributed by atoms with Gasteiger partial charge in [-0.25, -0.2) is 0 Å². The van der Waals surface area contributed by atoms with E-state index in [1.54, 1.807) is 49.6 Å². The van der Waals surface area contributed by atoms with E-state index in [-0.39, 0.29) is 11.6 Å². The second-order valence-corrected chi connectivity index (χ2v) is 7.30. The highest BCUT2D eigenvalue weighted by atomic mass is 16.6. The summed E-state index contributed by atoms with van der Waals surface area (Å²) >= 11 is 0. The lowest BCUT2D eigenvalue weighted by atomic mass is 9.96. The lowest BCUT2D eigenvalue weighted by Crippen LogP contribution is -2.39. The van der Waals surface area contributed by atoms with Crippen molar-refractivity contribution in [1.29, 1.82) is 0 Å². The zero-order valence-electron chi connectivity index (χ0n) is 17.4. The van der Waals surface area contributed by atoms with E-state index < -0.39 is 22.9 Å². The summed E-state index contributed by atoms with van der Waals surface area (Å²) in [6, 6.07) is 13.4. The van der Waals surface area contributed by atoms with Gasteiger partial charge >= 0.3 is 5.97 Å². The SMILES string of the molecule is COc1ccc(NC(=O)C(C)OC(=O)C2CCN(c3ccccc3[N+](=O)[O-])CC2)cc1. The zero-order chi connectivity index (χ0) is 22.4. The maximum atomic E-state index is 12.5. The third-order valence-corrected chi connectivity index (χ3v) is 5.27. The van der Waals surface area contributed by atoms with Crippen LogP contribution in [-0.2, 0) is 14.3 Å². The standard InChI is InChI=1S/C22H25N3O6/c1-15(21(26)23-17-7-9-18(30-2)10-8-17)31-22(27)16-11-13-24(14-12-16)19-5-3-4-6-20(19)25(28)29/h3-10,15-16H,11-14H2,1-2H3,(H,23,26). The summed E-state index contributed by atoms with van der Waals surface area (Å²) < 4.78 is 10.4. The molecule has 0 aliphatic carbocycles. The summed E-state index contributed by atoms with van der Waals surface area (Å²) in [5.41, 5.74) is 1.17. The number of rotatable bonds is 7. The van der Waals surface area contributed by atoms with Gasteiger partial charge in [0.15, 0.2) is 6.10 Å². The van der Waals surface area contributed by atoms with Gasteiger partial charge in [-0.2, -0.15) is 0 Å². The lowest BCUT2D eigenvalue weighted by Gasteiger charge is -2.32. The molecular weight excluding hydrogens is 402 g/mol. The molecule has 1 amide bonds. The molecule has 0 aromatic heterocycles. The predicted molar refractivity (Wildman–Crippen MR) is 115 cm³/mol. The van der Waals surface area contributed by atoms with E-state index in [4.69, 9.17) is 9.47 Å². The van der Waals surface area contributed by atoms with Crippen LogP contribution >= 0.6 is 0 Å². The fourth-order valence-corrected chi connectivity index (χ4v) is 3.48. The van der Waals surface area contributed by atoms with E-state index in [9.17, 15) is 19.7 Å². The fraction of sp³-hybridized carbons (Fsp3) is 0.364. The van der Waals surface area contributed by atoms with Crippen molar-refractivity contribution in [2.24, 2.45) is 5.92 Å². The van der Waals surface area contributed by atoms with Crippen LogP contribution < -0.4 is 15.0 Å². The summed E-state index contributed by atoms with van der Waals surface area (Å²) in [7, 11) is 1.56. The molecule has 1 aliphatic rings. The second-order valence-electron chi connectivity index (χ2n) is 7.30. The molecule has 164 valence electrons. The van der Waals surface area contributed by atoms with Gasteiger partial charge < -0.3 is 19.7 Å². The highest BCUT2D eigenvalue weighted by Crippen LogP contribution is 2.31. The largest absolute Gasteiger partial charge is 0.497 e. The molecule has 1 saturated heterocycles. The summed E-state index contributed by atoms with van der Waals surface area (Å²) in [6.07, 6.45) is 0.0536. The molecule has 0 bridgehead atoms. The maximum absolute atomic E-state index is 12.5. The summed E-state index contributed by atoms with van der Waals surface area (Å²) in [4.78, 5) is 37.6. The molecule has 9 heteroatoms. The third kappa shape index (κ3) is 5.50. The Labute approximate surface area is 180 Å². The Hall–Kier alpha value is -3.62. The smallest absolute Gasteiger partial charge is 0.309 e. The van der Waals surface area contributed by atoms with Gasteiger partial charge in [-0.3, -0.25) is 19.7 Å². The first kappa shape index (κ1) is 22.1. The van der Waals surface area contributed by atoms with E-state index in [1.165, 1.54) is 13.0 Å². The van der Waals surface area contributed by atoms with Crippen molar-refractivity contribution >= 4 is 28.9 Å². The van der Waals surface area contributed by atoms with Gasteiger partial charge in [-0.15, -0.1) is 0 Å². The molecule has 31 heavy (non-hydrogen) atoms. The Balaban J connectivity index is 1.51. The van der Waals surface area contributed by atoms with Gasteiger partial charge in [0.25, 0.3) is 11.6 Å². The summed E-state index contributed by atoms with van der Waals surface area (Å²) in [5, 5.41) is 13.9. The minimum absolute atomic E-state index is 0.0485. The van der Waals surface area contributed by atoms with Crippen molar-refractivity contribution in [2.75, 3.05) is 30.4 Å². The van der Waals surface area contributed by atoms with Gasteiger partial charge in [0.05, 0.1) is 18.0 Å². The number of carbonyl (C=O) groups excluding carboxylic acids is 2. The molecule has 0 radical (unpaired) electrons. The summed E-state index contributed by atoms with van der Waals surface area (Å²) in [5.74, 6) is -0.532. The molecule has 1 heterocycles. The Kier molecular flexibility index (Phi) is 7.07. The molecule has 1 atom stereocenters. The van der Waals surface area contributed by atoms with Gasteiger partial charge in [0, 0.05) is 24.8 Å². The maximum Gasteiger partial charge on any atom is 0.309 e. The molecule has 3 rings (SSSR count). The minimum Gasteiger partial charge on any atom is -0.497 e. The van der Waals surface area contributed by atoms with E-state index in [0.29, 0.717) is 43.1 Å². The number of anilines is 2. The van der Waals surface area contributed by atoms with Crippen LogP contribution in [-0.4, -0.2) is 43.1 Å². The zero-order valence-corrected chi connectivity index (χ0v) is 17.4. The number of piperidine rings is 1. The number of nitro benzene ring substituents is 1. The highest BCUT2D eigenvalue weighted by Gasteiger charge is 2.30. The number of esters is 1. The molecule has 9 nitrogen and oxygen atoms in total. The van der Waals surface area contributed by atoms with Crippen LogP contribution in [0.3, 0.4) is 0 Å². The normalized spacial score (nSPS) is 15.1. The Morgan fingerprint density at radius 3 is 2.39 bits per heavy atom. The number of nitrogens with zero attached hydrogens (tertiary/aromatic N) is 2. The van der Waals surface area contributed by atoms with Crippen molar-refractivity contribution in [3.63, 3.8) is 0 Å². The number of amides is 1. The molecule has 1 unspecified atom stereocenters. The number of nitrogens with one attached hydrogen (secondary N) is 1. The fourth-order valence-electron chi connectivity index (χ4n) is 3.48. The van der Waals surface area contributed by atoms with Gasteiger partial charge in [-0.05, 0) is 50.1 Å². The van der Waals surface area contributed by atoms with Crippen molar-refractivity contribution in [3.05, 3.63) is 58.6 Å². The van der Waals surface area contributed by atoms with Crippen LogP contribution in [0.5, 0.6) is 5.75 Å². The van der Waals surface area contributed by atoms with Crippen LogP contribution in [0.2, 0.25) is 0 Å². The Morgan fingerprint density at radius 2 is 1.77 bits per heavy atom. The van der Waals surface area contributed by atoms with Gasteiger partial charge in [0.2, 0.25) is 0 Å². The first-order valence-electron chi connectivity index (χ1n) is 10.0. The number of hydrogen-bond donors (Lipinski definition) is 1. The molecular formula is C22H25N3O6. The average Bonchev–Trinajstić information content (AvgIpc) is 2.79. The number of methoxy groups -OCH3 is 1. The number of benzene rings is 2. The number of ether oxygens (including phenoxy) is 2. The minimum atomic E-state index is -0.942. The third-order valence-electron chi connectivity index (χ3n) is 5.27. The number of nitro groups is 1. The number of carbonyl (C=O) groups is 2. The number of para-hydroxylation sites is 2.